The molecule has 0 aliphatic heterocycles. The Kier molecular flexibility index (Phi) is 8.34. The highest BCUT2D eigenvalue weighted by Gasteiger charge is 2.28. The van der Waals surface area contributed by atoms with Crippen molar-refractivity contribution in [2.45, 2.75) is 45.7 Å². The summed E-state index contributed by atoms with van der Waals surface area (Å²) in [4.78, 5) is 27.5. The summed E-state index contributed by atoms with van der Waals surface area (Å²) >= 11 is 6.23. The standard InChI is InChI=1S/C22H27ClN2O2/c1-3-14-24-22(27)20(4-2)25(16-17-10-6-5-7-11-17)21(26)15-18-12-8-9-13-19(18)23/h5-13,20H,3-4,14-16H2,1-2H3,(H,24,27)/t20-/m1/s1. The molecule has 5 heteroatoms. The third kappa shape index (κ3) is 6.10. The predicted octanol–water partition coefficient (Wildman–Crippen LogP) is 4.22. The fourth-order valence-corrected chi connectivity index (χ4v) is 3.17. The number of amides is 2. The summed E-state index contributed by atoms with van der Waals surface area (Å²) in [6, 6.07) is 16.5. The van der Waals surface area contributed by atoms with Gasteiger partial charge in [0.15, 0.2) is 0 Å². The van der Waals surface area contributed by atoms with Crippen molar-refractivity contribution in [2.24, 2.45) is 0 Å². The Hall–Kier alpha value is -2.33. The van der Waals surface area contributed by atoms with E-state index in [1.807, 2.05) is 62.4 Å². The summed E-state index contributed by atoms with van der Waals surface area (Å²) < 4.78 is 0. The zero-order chi connectivity index (χ0) is 19.6. The third-order valence-corrected chi connectivity index (χ3v) is 4.80. The van der Waals surface area contributed by atoms with Crippen LogP contribution in [-0.4, -0.2) is 29.3 Å². The number of rotatable bonds is 9. The van der Waals surface area contributed by atoms with E-state index in [1.54, 1.807) is 11.0 Å². The van der Waals surface area contributed by atoms with Gasteiger partial charge in [-0.3, -0.25) is 9.59 Å². The number of nitrogens with one attached hydrogen (secondary N) is 1. The fraction of sp³-hybridized carbons (Fsp3) is 0.364. The molecule has 144 valence electrons. The lowest BCUT2D eigenvalue weighted by Gasteiger charge is -2.31. The number of halogens is 1. The normalized spacial score (nSPS) is 11.7. The average Bonchev–Trinajstić information content (AvgIpc) is 2.68. The summed E-state index contributed by atoms with van der Waals surface area (Å²) in [6.45, 7) is 4.93. The van der Waals surface area contributed by atoms with Crippen LogP contribution in [-0.2, 0) is 22.6 Å². The zero-order valence-electron chi connectivity index (χ0n) is 16.0. The molecule has 2 amide bonds. The first-order chi connectivity index (χ1) is 13.1. The first-order valence-electron chi connectivity index (χ1n) is 9.41. The van der Waals surface area contributed by atoms with Crippen molar-refractivity contribution in [3.8, 4) is 0 Å². The molecule has 2 rings (SSSR count). The minimum Gasteiger partial charge on any atom is -0.354 e. The van der Waals surface area contributed by atoms with E-state index in [-0.39, 0.29) is 18.2 Å². The summed E-state index contributed by atoms with van der Waals surface area (Å²) in [5.41, 5.74) is 1.76. The second-order valence-electron chi connectivity index (χ2n) is 6.49. The van der Waals surface area contributed by atoms with Crippen LogP contribution in [0.4, 0.5) is 0 Å². The van der Waals surface area contributed by atoms with Gasteiger partial charge in [0.1, 0.15) is 6.04 Å². The number of benzene rings is 2. The van der Waals surface area contributed by atoms with Gasteiger partial charge in [-0.05, 0) is 30.0 Å². The van der Waals surface area contributed by atoms with Gasteiger partial charge in [-0.15, -0.1) is 0 Å². The van der Waals surface area contributed by atoms with Gasteiger partial charge in [0.2, 0.25) is 11.8 Å². The Labute approximate surface area is 166 Å². The molecule has 2 aromatic carbocycles. The molecule has 1 N–H and O–H groups in total. The lowest BCUT2D eigenvalue weighted by Crippen LogP contribution is -2.49. The van der Waals surface area contributed by atoms with E-state index in [1.165, 1.54) is 0 Å². The van der Waals surface area contributed by atoms with Crippen molar-refractivity contribution in [3.63, 3.8) is 0 Å². The predicted molar refractivity (Wildman–Crippen MR) is 110 cm³/mol. The van der Waals surface area contributed by atoms with Crippen molar-refractivity contribution in [2.75, 3.05) is 6.54 Å². The maximum absolute atomic E-state index is 13.1. The first kappa shape index (κ1) is 21.0. The lowest BCUT2D eigenvalue weighted by molar-refractivity contribution is -0.140. The molecule has 1 atom stereocenters. The maximum Gasteiger partial charge on any atom is 0.242 e. The third-order valence-electron chi connectivity index (χ3n) is 4.43. The van der Waals surface area contributed by atoms with Gasteiger partial charge in [-0.25, -0.2) is 0 Å². The molecule has 0 bridgehead atoms. The Bertz CT molecular complexity index is 749. The number of carbonyl (C=O) groups excluding carboxylic acids is 2. The molecule has 2 aromatic rings. The summed E-state index contributed by atoms with van der Waals surface area (Å²) in [5.74, 6) is -0.215. The number of carbonyl (C=O) groups is 2. The highest BCUT2D eigenvalue weighted by molar-refractivity contribution is 6.31. The van der Waals surface area contributed by atoms with Crippen molar-refractivity contribution in [3.05, 3.63) is 70.7 Å². The minimum absolute atomic E-state index is 0.106. The summed E-state index contributed by atoms with van der Waals surface area (Å²) in [7, 11) is 0. The van der Waals surface area contributed by atoms with Gasteiger partial charge >= 0.3 is 0 Å². The van der Waals surface area contributed by atoms with E-state index in [2.05, 4.69) is 5.32 Å². The summed E-state index contributed by atoms with van der Waals surface area (Å²) in [5, 5.41) is 3.48. The number of hydrogen-bond donors (Lipinski definition) is 1. The molecule has 0 saturated heterocycles. The summed E-state index contributed by atoms with van der Waals surface area (Å²) in [6.07, 6.45) is 1.58. The van der Waals surface area contributed by atoms with Crippen molar-refractivity contribution >= 4 is 23.4 Å². The quantitative estimate of drug-likeness (QED) is 0.701. The van der Waals surface area contributed by atoms with Crippen LogP contribution in [0.5, 0.6) is 0 Å². The van der Waals surface area contributed by atoms with Crippen LogP contribution in [0.3, 0.4) is 0 Å². The SMILES string of the molecule is CCCNC(=O)[C@@H](CC)N(Cc1ccccc1)C(=O)Cc1ccccc1Cl. The smallest absolute Gasteiger partial charge is 0.242 e. The van der Waals surface area contributed by atoms with Crippen molar-refractivity contribution in [1.82, 2.24) is 10.2 Å². The molecular weight excluding hydrogens is 360 g/mol. The van der Waals surface area contributed by atoms with Gasteiger partial charge in [0, 0.05) is 18.1 Å². The topological polar surface area (TPSA) is 49.4 Å². The monoisotopic (exact) mass is 386 g/mol. The Morgan fingerprint density at radius 2 is 1.70 bits per heavy atom. The zero-order valence-corrected chi connectivity index (χ0v) is 16.7. The Balaban J connectivity index is 2.25. The lowest BCUT2D eigenvalue weighted by atomic mass is 10.1. The van der Waals surface area contributed by atoms with Crippen molar-refractivity contribution < 1.29 is 9.59 Å². The van der Waals surface area contributed by atoms with Crippen LogP contribution in [0.1, 0.15) is 37.8 Å². The molecule has 0 heterocycles. The molecule has 0 unspecified atom stereocenters. The molecule has 0 aliphatic rings. The molecule has 0 radical (unpaired) electrons. The number of hydrogen-bond acceptors (Lipinski definition) is 2. The van der Waals surface area contributed by atoms with Crippen molar-refractivity contribution in [1.29, 1.82) is 0 Å². The van der Waals surface area contributed by atoms with E-state index < -0.39 is 6.04 Å². The van der Waals surface area contributed by atoms with Gasteiger partial charge in [-0.2, -0.15) is 0 Å². The molecule has 0 aliphatic carbocycles. The Morgan fingerprint density at radius 1 is 1.04 bits per heavy atom. The molecule has 4 nitrogen and oxygen atoms in total. The minimum atomic E-state index is -0.508. The molecule has 0 aromatic heterocycles. The molecule has 27 heavy (non-hydrogen) atoms. The van der Waals surface area contributed by atoms with E-state index in [0.29, 0.717) is 24.5 Å². The Morgan fingerprint density at radius 3 is 2.33 bits per heavy atom. The fourth-order valence-electron chi connectivity index (χ4n) is 2.97. The molecule has 0 spiro atoms. The highest BCUT2D eigenvalue weighted by atomic mass is 35.5. The average molecular weight is 387 g/mol. The second kappa shape index (κ2) is 10.7. The van der Waals surface area contributed by atoms with Crippen LogP contribution >= 0.6 is 11.6 Å². The van der Waals surface area contributed by atoms with Crippen LogP contribution < -0.4 is 5.32 Å². The number of nitrogens with zero attached hydrogens (tertiary/aromatic N) is 1. The van der Waals surface area contributed by atoms with Crippen LogP contribution in [0.2, 0.25) is 5.02 Å². The molecule has 0 saturated carbocycles. The largest absolute Gasteiger partial charge is 0.354 e. The van der Waals surface area contributed by atoms with Crippen LogP contribution in [0.25, 0.3) is 0 Å². The second-order valence-corrected chi connectivity index (χ2v) is 6.90. The van der Waals surface area contributed by atoms with Crippen LogP contribution in [0, 0.1) is 0 Å². The van der Waals surface area contributed by atoms with Gasteiger partial charge < -0.3 is 10.2 Å². The van der Waals surface area contributed by atoms with Gasteiger partial charge in [-0.1, -0.05) is 74.0 Å². The highest BCUT2D eigenvalue weighted by Crippen LogP contribution is 2.19. The first-order valence-corrected chi connectivity index (χ1v) is 9.79. The van der Waals surface area contributed by atoms with Gasteiger partial charge in [0.05, 0.1) is 6.42 Å². The van der Waals surface area contributed by atoms with E-state index in [0.717, 1.165) is 17.5 Å². The maximum atomic E-state index is 13.1. The van der Waals surface area contributed by atoms with Gasteiger partial charge in [0.25, 0.3) is 0 Å². The molecular formula is C22H27ClN2O2. The van der Waals surface area contributed by atoms with E-state index in [9.17, 15) is 9.59 Å². The van der Waals surface area contributed by atoms with E-state index >= 15 is 0 Å². The van der Waals surface area contributed by atoms with Crippen LogP contribution in [0.15, 0.2) is 54.6 Å². The molecule has 0 fully saturated rings. The van der Waals surface area contributed by atoms with E-state index in [4.69, 9.17) is 11.6 Å².